The van der Waals surface area contributed by atoms with Gasteiger partial charge in [0.1, 0.15) is 0 Å². The van der Waals surface area contributed by atoms with Crippen LogP contribution in [0.4, 0.5) is 0 Å². The first-order valence-electron chi connectivity index (χ1n) is 7.02. The molecule has 0 radical (unpaired) electrons. The molecule has 0 atom stereocenters. The molecular formula is C18H19NO2. The smallest absolute Gasteiger partial charge is 0.333 e. The summed E-state index contributed by atoms with van der Waals surface area (Å²) in [5, 5.41) is 0. The second-order valence-electron chi connectivity index (χ2n) is 4.82. The Morgan fingerprint density at radius 3 is 2.33 bits per heavy atom. The Bertz CT molecular complexity index is 615. The number of pyridine rings is 1. The van der Waals surface area contributed by atoms with Crippen molar-refractivity contribution in [3.05, 3.63) is 71.1 Å². The predicted molar refractivity (Wildman–Crippen MR) is 83.8 cm³/mol. The summed E-state index contributed by atoms with van der Waals surface area (Å²) in [6, 6.07) is 12.2. The van der Waals surface area contributed by atoms with Gasteiger partial charge < -0.3 is 4.74 Å². The normalized spacial score (nSPS) is 11.2. The molecule has 2 aromatic rings. The summed E-state index contributed by atoms with van der Waals surface area (Å²) >= 11 is 0. The maximum absolute atomic E-state index is 11.6. The van der Waals surface area contributed by atoms with Gasteiger partial charge in [-0.2, -0.15) is 0 Å². The van der Waals surface area contributed by atoms with Crippen LogP contribution in [0.25, 0.3) is 6.08 Å². The van der Waals surface area contributed by atoms with E-state index in [1.807, 2.05) is 30.3 Å². The van der Waals surface area contributed by atoms with E-state index in [9.17, 15) is 4.79 Å². The number of ether oxygens (including phenoxy) is 1. The Labute approximate surface area is 125 Å². The minimum atomic E-state index is -0.265. The van der Waals surface area contributed by atoms with E-state index < -0.39 is 0 Å². The molecule has 0 aliphatic carbocycles. The molecule has 1 aromatic heterocycles. The Balaban J connectivity index is 2.05. The van der Waals surface area contributed by atoms with Gasteiger partial charge in [0.2, 0.25) is 0 Å². The van der Waals surface area contributed by atoms with Gasteiger partial charge in [0, 0.05) is 18.0 Å². The zero-order chi connectivity index (χ0) is 15.1. The second kappa shape index (κ2) is 7.39. The molecule has 0 amide bonds. The van der Waals surface area contributed by atoms with Crippen LogP contribution in [-0.4, -0.2) is 17.6 Å². The van der Waals surface area contributed by atoms with Gasteiger partial charge in [-0.3, -0.25) is 4.98 Å². The lowest BCUT2D eigenvalue weighted by atomic mass is 10.0. The van der Waals surface area contributed by atoms with E-state index in [2.05, 4.69) is 17.1 Å². The summed E-state index contributed by atoms with van der Waals surface area (Å²) in [7, 11) is 0. The van der Waals surface area contributed by atoms with Gasteiger partial charge in [-0.15, -0.1) is 0 Å². The van der Waals surface area contributed by atoms with E-state index in [1.165, 1.54) is 11.1 Å². The molecule has 21 heavy (non-hydrogen) atoms. The van der Waals surface area contributed by atoms with Crippen LogP contribution in [0.15, 0.2) is 54.4 Å². The molecular weight excluding hydrogens is 262 g/mol. The Morgan fingerprint density at radius 2 is 1.71 bits per heavy atom. The summed E-state index contributed by atoms with van der Waals surface area (Å²) in [6.07, 6.45) is 6.32. The minimum absolute atomic E-state index is 0.265. The lowest BCUT2D eigenvalue weighted by Crippen LogP contribution is -2.04. The van der Waals surface area contributed by atoms with Gasteiger partial charge in [-0.1, -0.05) is 24.3 Å². The molecule has 0 unspecified atom stereocenters. The molecule has 3 nitrogen and oxygen atoms in total. The highest BCUT2D eigenvalue weighted by molar-refractivity contribution is 5.92. The molecule has 3 heteroatoms. The molecule has 0 aliphatic heterocycles. The van der Waals surface area contributed by atoms with Gasteiger partial charge in [-0.05, 0) is 55.2 Å². The number of aromatic nitrogens is 1. The van der Waals surface area contributed by atoms with E-state index in [0.717, 1.165) is 12.0 Å². The molecule has 0 saturated carbocycles. The highest BCUT2D eigenvalue weighted by atomic mass is 16.5. The largest absolute Gasteiger partial charge is 0.463 e. The molecule has 0 bridgehead atoms. The highest BCUT2D eigenvalue weighted by Gasteiger charge is 2.04. The van der Waals surface area contributed by atoms with E-state index >= 15 is 0 Å². The molecule has 108 valence electrons. The number of esters is 1. The third-order valence-corrected chi connectivity index (χ3v) is 3.12. The van der Waals surface area contributed by atoms with Crippen LogP contribution in [0.1, 0.15) is 30.5 Å². The number of rotatable bonds is 5. The molecule has 2 rings (SSSR count). The molecule has 1 heterocycles. The SMILES string of the molecule is CCOC(=O)C(C)=Cc1ccc(Cc2ccncc2)cc1. The van der Waals surface area contributed by atoms with Crippen LogP contribution in [0, 0.1) is 0 Å². The van der Waals surface area contributed by atoms with Crippen molar-refractivity contribution in [1.29, 1.82) is 0 Å². The Morgan fingerprint density at radius 1 is 1.10 bits per heavy atom. The van der Waals surface area contributed by atoms with Crippen molar-refractivity contribution in [3.63, 3.8) is 0 Å². The fourth-order valence-corrected chi connectivity index (χ4v) is 2.02. The van der Waals surface area contributed by atoms with Gasteiger partial charge >= 0.3 is 5.97 Å². The van der Waals surface area contributed by atoms with Crippen molar-refractivity contribution in [2.45, 2.75) is 20.3 Å². The van der Waals surface area contributed by atoms with Gasteiger partial charge in [0.25, 0.3) is 0 Å². The molecule has 0 spiro atoms. The van der Waals surface area contributed by atoms with Crippen LogP contribution in [0.2, 0.25) is 0 Å². The maximum atomic E-state index is 11.6. The van der Waals surface area contributed by atoms with Crippen molar-refractivity contribution in [2.75, 3.05) is 6.61 Å². The highest BCUT2D eigenvalue weighted by Crippen LogP contribution is 2.13. The third-order valence-electron chi connectivity index (χ3n) is 3.12. The van der Waals surface area contributed by atoms with Gasteiger partial charge in [0.05, 0.1) is 6.61 Å². The molecule has 0 aliphatic rings. The van der Waals surface area contributed by atoms with Crippen molar-refractivity contribution in [1.82, 2.24) is 4.98 Å². The van der Waals surface area contributed by atoms with Crippen LogP contribution in [0.3, 0.4) is 0 Å². The Kier molecular flexibility index (Phi) is 5.27. The number of carbonyl (C=O) groups excluding carboxylic acids is 1. The number of carbonyl (C=O) groups is 1. The standard InChI is InChI=1S/C18H19NO2/c1-3-21-18(20)14(2)12-15-4-6-16(7-5-15)13-17-8-10-19-11-9-17/h4-12H,3,13H2,1-2H3. The van der Waals surface area contributed by atoms with E-state index in [1.54, 1.807) is 26.2 Å². The molecule has 0 saturated heterocycles. The first kappa shape index (κ1) is 15.0. The van der Waals surface area contributed by atoms with Crippen molar-refractivity contribution in [2.24, 2.45) is 0 Å². The monoisotopic (exact) mass is 281 g/mol. The number of nitrogens with zero attached hydrogens (tertiary/aromatic N) is 1. The van der Waals surface area contributed by atoms with E-state index in [4.69, 9.17) is 4.74 Å². The average molecular weight is 281 g/mol. The summed E-state index contributed by atoms with van der Waals surface area (Å²) in [6.45, 7) is 3.97. The lowest BCUT2D eigenvalue weighted by molar-refractivity contribution is -0.138. The summed E-state index contributed by atoms with van der Waals surface area (Å²) in [4.78, 5) is 15.6. The van der Waals surface area contributed by atoms with Crippen molar-refractivity contribution >= 4 is 12.0 Å². The van der Waals surface area contributed by atoms with Crippen LogP contribution >= 0.6 is 0 Å². The summed E-state index contributed by atoms with van der Waals surface area (Å²) in [5.41, 5.74) is 4.07. The first-order chi connectivity index (χ1) is 10.2. The van der Waals surface area contributed by atoms with Crippen molar-refractivity contribution < 1.29 is 9.53 Å². The Hall–Kier alpha value is -2.42. The molecule has 0 fully saturated rings. The van der Waals surface area contributed by atoms with Crippen LogP contribution < -0.4 is 0 Å². The zero-order valence-electron chi connectivity index (χ0n) is 12.4. The fourth-order valence-electron chi connectivity index (χ4n) is 2.02. The van der Waals surface area contributed by atoms with Crippen LogP contribution in [0.5, 0.6) is 0 Å². The van der Waals surface area contributed by atoms with Crippen LogP contribution in [-0.2, 0) is 16.0 Å². The van der Waals surface area contributed by atoms with E-state index in [0.29, 0.717) is 12.2 Å². The number of hydrogen-bond donors (Lipinski definition) is 0. The minimum Gasteiger partial charge on any atom is -0.463 e. The zero-order valence-corrected chi connectivity index (χ0v) is 12.4. The van der Waals surface area contributed by atoms with Gasteiger partial charge in [-0.25, -0.2) is 4.79 Å². The summed E-state index contributed by atoms with van der Waals surface area (Å²) in [5.74, 6) is -0.265. The van der Waals surface area contributed by atoms with E-state index in [-0.39, 0.29) is 5.97 Å². The molecule has 0 N–H and O–H groups in total. The third kappa shape index (κ3) is 4.56. The van der Waals surface area contributed by atoms with Crippen molar-refractivity contribution in [3.8, 4) is 0 Å². The second-order valence-corrected chi connectivity index (χ2v) is 4.82. The number of benzene rings is 1. The summed E-state index contributed by atoms with van der Waals surface area (Å²) < 4.78 is 4.97. The lowest BCUT2D eigenvalue weighted by Gasteiger charge is -2.04. The topological polar surface area (TPSA) is 39.2 Å². The fraction of sp³-hybridized carbons (Fsp3) is 0.222. The maximum Gasteiger partial charge on any atom is 0.333 e. The average Bonchev–Trinajstić information content (AvgIpc) is 2.50. The number of hydrogen-bond acceptors (Lipinski definition) is 3. The van der Waals surface area contributed by atoms with Gasteiger partial charge in [0.15, 0.2) is 0 Å². The predicted octanol–water partition coefficient (Wildman–Crippen LogP) is 3.64. The quantitative estimate of drug-likeness (QED) is 0.620. The molecule has 1 aromatic carbocycles. The first-order valence-corrected chi connectivity index (χ1v) is 7.02.